The van der Waals surface area contributed by atoms with Crippen molar-refractivity contribution in [3.05, 3.63) is 23.5 Å². The van der Waals surface area contributed by atoms with E-state index in [2.05, 4.69) is 22.1 Å². The molecule has 0 aliphatic carbocycles. The highest BCUT2D eigenvalue weighted by molar-refractivity contribution is 5.97. The Bertz CT molecular complexity index is 1000. The zero-order valence-electron chi connectivity index (χ0n) is 22.8. The molecule has 0 spiro atoms. The van der Waals surface area contributed by atoms with Gasteiger partial charge in [0.1, 0.15) is 6.61 Å². The number of piperazine rings is 1. The van der Waals surface area contributed by atoms with Crippen molar-refractivity contribution in [1.82, 2.24) is 20.1 Å². The molecule has 4 rings (SSSR count). The summed E-state index contributed by atoms with van der Waals surface area (Å²) < 4.78 is 34.8. The Hall–Kier alpha value is -1.59. The molecule has 3 atom stereocenters. The first-order valence-electron chi connectivity index (χ1n) is 13.0. The average Bonchev–Trinajstić information content (AvgIpc) is 3.08. The van der Waals surface area contributed by atoms with E-state index in [1.807, 2.05) is 25.7 Å². The van der Waals surface area contributed by atoms with Gasteiger partial charge in [-0.1, -0.05) is 27.2 Å². The Kier molecular flexibility index (Phi) is 10.9. The number of nitrogens with zero attached hydrogens (tertiary/aromatic N) is 4. The van der Waals surface area contributed by atoms with Gasteiger partial charge in [-0.05, 0) is 19.9 Å². The van der Waals surface area contributed by atoms with Crippen LogP contribution in [0.25, 0.3) is 0 Å². The smallest absolute Gasteiger partial charge is 0.274 e. The first-order valence-corrected chi connectivity index (χ1v) is 13.0. The standard InChI is InChI=1S/C26H39F2N5O3.2ClH/c1-6-7-26(27,28)19-8-21-24(30-9-19)25(4,5)16-33(21)22(34)14-31-11-17(2)29-10-20(31)13-32-12-18(3)36-15-23(32)35;;/h8-9,17-18,20,29H,6-7,10-16H2,1-5H3;2*1H/t17-,18+,20-;;/m1../s1. The number of hydrogen-bond acceptors (Lipinski definition) is 6. The molecule has 1 aromatic heterocycles. The number of carbonyl (C=O) groups excluding carboxylic acids is 2. The minimum Gasteiger partial charge on any atom is -0.367 e. The van der Waals surface area contributed by atoms with Crippen molar-refractivity contribution in [2.75, 3.05) is 50.8 Å². The number of morpholine rings is 1. The maximum absolute atomic E-state index is 14.7. The number of hydrogen-bond donors (Lipinski definition) is 1. The maximum atomic E-state index is 14.7. The zero-order chi connectivity index (χ0) is 26.3. The van der Waals surface area contributed by atoms with Crippen molar-refractivity contribution in [1.29, 1.82) is 0 Å². The molecule has 0 radical (unpaired) electrons. The first kappa shape index (κ1) is 32.6. The van der Waals surface area contributed by atoms with Crippen LogP contribution in [0.3, 0.4) is 0 Å². The van der Waals surface area contributed by atoms with Gasteiger partial charge < -0.3 is 19.9 Å². The van der Waals surface area contributed by atoms with Gasteiger partial charge in [0, 0.05) is 68.4 Å². The average molecular weight is 581 g/mol. The van der Waals surface area contributed by atoms with E-state index < -0.39 is 11.3 Å². The molecule has 8 nitrogen and oxygen atoms in total. The molecule has 1 aromatic rings. The summed E-state index contributed by atoms with van der Waals surface area (Å²) in [6.45, 7) is 12.7. The Labute approximate surface area is 236 Å². The predicted octanol–water partition coefficient (Wildman–Crippen LogP) is 3.35. The first-order chi connectivity index (χ1) is 16.9. The summed E-state index contributed by atoms with van der Waals surface area (Å²) in [5.74, 6) is -3.17. The highest BCUT2D eigenvalue weighted by Gasteiger charge is 2.43. The molecule has 0 unspecified atom stereocenters. The van der Waals surface area contributed by atoms with Crippen LogP contribution in [-0.2, 0) is 25.7 Å². The topological polar surface area (TPSA) is 78.0 Å². The van der Waals surface area contributed by atoms with E-state index in [4.69, 9.17) is 4.74 Å². The number of anilines is 1. The molecule has 1 N–H and O–H groups in total. The van der Waals surface area contributed by atoms with E-state index in [9.17, 15) is 18.4 Å². The number of halogens is 4. The van der Waals surface area contributed by atoms with Gasteiger partial charge in [-0.3, -0.25) is 19.5 Å². The molecule has 38 heavy (non-hydrogen) atoms. The molecule has 2 fully saturated rings. The molecule has 12 heteroatoms. The molecule has 3 aliphatic heterocycles. The number of amides is 2. The molecular formula is C26H41Cl2F2N5O3. The van der Waals surface area contributed by atoms with Gasteiger partial charge >= 0.3 is 0 Å². The van der Waals surface area contributed by atoms with Crippen LogP contribution in [0.1, 0.15) is 58.7 Å². The molecule has 0 saturated carbocycles. The van der Waals surface area contributed by atoms with Gasteiger partial charge in [-0.25, -0.2) is 8.78 Å². The fourth-order valence-electron chi connectivity index (χ4n) is 5.48. The van der Waals surface area contributed by atoms with Crippen LogP contribution in [0.2, 0.25) is 0 Å². The summed E-state index contributed by atoms with van der Waals surface area (Å²) in [6.07, 6.45) is 1.33. The van der Waals surface area contributed by atoms with Gasteiger partial charge in [0.2, 0.25) is 11.8 Å². The third-order valence-corrected chi connectivity index (χ3v) is 7.46. The fourth-order valence-corrected chi connectivity index (χ4v) is 5.48. The lowest BCUT2D eigenvalue weighted by atomic mass is 9.91. The van der Waals surface area contributed by atoms with E-state index in [0.717, 1.165) is 0 Å². The Morgan fingerprint density at radius 1 is 1.26 bits per heavy atom. The van der Waals surface area contributed by atoms with Gasteiger partial charge in [0.25, 0.3) is 5.92 Å². The van der Waals surface area contributed by atoms with Crippen molar-refractivity contribution in [3.63, 3.8) is 0 Å². The van der Waals surface area contributed by atoms with Crippen molar-refractivity contribution in [3.8, 4) is 0 Å². The number of aromatic nitrogens is 1. The van der Waals surface area contributed by atoms with Crippen molar-refractivity contribution in [2.45, 2.75) is 77.0 Å². The summed E-state index contributed by atoms with van der Waals surface area (Å²) in [5.41, 5.74) is 0.572. The molecule has 216 valence electrons. The monoisotopic (exact) mass is 579 g/mol. The van der Waals surface area contributed by atoms with Gasteiger partial charge in [0.05, 0.1) is 24.0 Å². The number of fused-ring (bicyclic) bond motifs is 1. The van der Waals surface area contributed by atoms with E-state index in [0.29, 0.717) is 50.5 Å². The lowest BCUT2D eigenvalue weighted by molar-refractivity contribution is -0.149. The highest BCUT2D eigenvalue weighted by atomic mass is 35.5. The molecule has 2 saturated heterocycles. The number of carbonyl (C=O) groups is 2. The van der Waals surface area contributed by atoms with Gasteiger partial charge in [-0.15, -0.1) is 24.8 Å². The van der Waals surface area contributed by atoms with E-state index in [-0.39, 0.29) is 80.0 Å². The lowest BCUT2D eigenvalue weighted by Crippen LogP contribution is -2.62. The Balaban J connectivity index is 0.00000253. The molecular weight excluding hydrogens is 539 g/mol. The van der Waals surface area contributed by atoms with Crippen molar-refractivity contribution < 1.29 is 23.1 Å². The quantitative estimate of drug-likeness (QED) is 0.534. The van der Waals surface area contributed by atoms with E-state index in [1.165, 1.54) is 12.3 Å². The van der Waals surface area contributed by atoms with Gasteiger partial charge in [0.15, 0.2) is 0 Å². The molecule has 0 aromatic carbocycles. The Morgan fingerprint density at radius 3 is 2.66 bits per heavy atom. The molecule has 3 aliphatic rings. The second-order valence-corrected chi connectivity index (χ2v) is 11.2. The van der Waals surface area contributed by atoms with Crippen LogP contribution in [0, 0.1) is 0 Å². The Morgan fingerprint density at radius 2 is 1.97 bits per heavy atom. The van der Waals surface area contributed by atoms with Crippen LogP contribution >= 0.6 is 24.8 Å². The van der Waals surface area contributed by atoms with Crippen LogP contribution in [0.5, 0.6) is 0 Å². The largest absolute Gasteiger partial charge is 0.367 e. The van der Waals surface area contributed by atoms with E-state index >= 15 is 0 Å². The fraction of sp³-hybridized carbons (Fsp3) is 0.731. The highest BCUT2D eigenvalue weighted by Crippen LogP contribution is 2.42. The molecule has 0 bridgehead atoms. The summed E-state index contributed by atoms with van der Waals surface area (Å²) in [5, 5.41) is 3.46. The summed E-state index contributed by atoms with van der Waals surface area (Å²) >= 11 is 0. The number of pyridine rings is 1. The number of ether oxygens (including phenoxy) is 1. The number of alkyl halides is 2. The summed E-state index contributed by atoms with van der Waals surface area (Å²) in [7, 11) is 0. The number of nitrogens with one attached hydrogen (secondary N) is 1. The van der Waals surface area contributed by atoms with Crippen LogP contribution < -0.4 is 10.2 Å². The van der Waals surface area contributed by atoms with Crippen LogP contribution in [-0.4, -0.2) is 90.7 Å². The van der Waals surface area contributed by atoms with Crippen molar-refractivity contribution in [2.24, 2.45) is 0 Å². The second kappa shape index (κ2) is 12.7. The SMILES string of the molecule is CCCC(F)(F)c1cnc2c(c1)N(C(=O)CN1C[C@@H](C)NC[C@@H]1CN1C[C@H](C)OCC1=O)CC2(C)C.Cl.Cl. The third kappa shape index (κ3) is 6.94. The molecule has 4 heterocycles. The van der Waals surface area contributed by atoms with E-state index in [1.54, 1.807) is 11.8 Å². The zero-order valence-corrected chi connectivity index (χ0v) is 24.5. The summed E-state index contributed by atoms with van der Waals surface area (Å²) in [6, 6.07) is 1.61. The summed E-state index contributed by atoms with van der Waals surface area (Å²) in [4.78, 5) is 36.0. The predicted molar refractivity (Wildman–Crippen MR) is 148 cm³/mol. The number of rotatable bonds is 7. The van der Waals surface area contributed by atoms with Crippen LogP contribution in [0.15, 0.2) is 12.3 Å². The molecule has 2 amide bonds. The minimum atomic E-state index is -2.99. The van der Waals surface area contributed by atoms with Crippen molar-refractivity contribution >= 4 is 42.3 Å². The lowest BCUT2D eigenvalue weighted by Gasteiger charge is -2.42. The minimum absolute atomic E-state index is 0. The maximum Gasteiger partial charge on any atom is 0.274 e. The second-order valence-electron chi connectivity index (χ2n) is 11.2. The van der Waals surface area contributed by atoms with Gasteiger partial charge in [-0.2, -0.15) is 0 Å². The van der Waals surface area contributed by atoms with Crippen LogP contribution in [0.4, 0.5) is 14.5 Å². The normalized spacial score (nSPS) is 25.4. The third-order valence-electron chi connectivity index (χ3n) is 7.46.